The molecule has 0 radical (unpaired) electrons. The number of aliphatic hydroxyl groups is 1. The number of ether oxygens (including phenoxy) is 2. The third-order valence-electron chi connectivity index (χ3n) is 6.02. The van der Waals surface area contributed by atoms with Crippen molar-refractivity contribution in [1.82, 2.24) is 15.0 Å². The molecular weight excluding hydrogens is 406 g/mol. The standard InChI is InChI=1S/C25H25N3O4/c1-30-19-10-7-16(8-11-19)24-26-25(32-27-24)22-13-18(29)15-28(22)14-17-9-12-23(31-2)21-6-4-3-5-20(17)21/h3-12,18,22,29H,13-15H2,1-2H3/t18-,22+/m1/s1. The molecule has 7 heteroatoms. The number of fused-ring (bicyclic) bond motifs is 1. The number of β-amino-alcohol motifs (C(OH)–C–C–N with tert-alkyl or cyclic N) is 1. The third kappa shape index (κ3) is 3.81. The van der Waals surface area contributed by atoms with E-state index in [4.69, 9.17) is 14.0 Å². The van der Waals surface area contributed by atoms with Crippen LogP contribution in [-0.4, -0.2) is 47.0 Å². The average Bonchev–Trinajstić information content (AvgIpc) is 3.46. The van der Waals surface area contributed by atoms with Crippen LogP contribution in [0.4, 0.5) is 0 Å². The maximum atomic E-state index is 10.4. The Hall–Kier alpha value is -3.42. The SMILES string of the molecule is COc1ccc(-c2noc([C@@H]3C[C@@H](O)CN3Cc3ccc(OC)c4ccccc34)n2)cc1. The van der Waals surface area contributed by atoms with Gasteiger partial charge in [-0.15, -0.1) is 0 Å². The molecule has 0 bridgehead atoms. The molecule has 1 fully saturated rings. The second-order valence-electron chi connectivity index (χ2n) is 7.99. The lowest BCUT2D eigenvalue weighted by Crippen LogP contribution is -2.24. The van der Waals surface area contributed by atoms with Crippen molar-refractivity contribution in [3.8, 4) is 22.9 Å². The van der Waals surface area contributed by atoms with E-state index in [0.717, 1.165) is 33.4 Å². The molecule has 0 unspecified atom stereocenters. The number of hydrogen-bond donors (Lipinski definition) is 1. The summed E-state index contributed by atoms with van der Waals surface area (Å²) in [7, 11) is 3.32. The van der Waals surface area contributed by atoms with Gasteiger partial charge in [-0.3, -0.25) is 4.90 Å². The molecule has 0 aliphatic carbocycles. The van der Waals surface area contributed by atoms with Crippen LogP contribution in [0.3, 0.4) is 0 Å². The first-order valence-corrected chi connectivity index (χ1v) is 10.6. The lowest BCUT2D eigenvalue weighted by atomic mass is 10.0. The van der Waals surface area contributed by atoms with Gasteiger partial charge in [-0.1, -0.05) is 35.5 Å². The molecule has 32 heavy (non-hydrogen) atoms. The predicted molar refractivity (Wildman–Crippen MR) is 121 cm³/mol. The molecule has 1 aliphatic heterocycles. The summed E-state index contributed by atoms with van der Waals surface area (Å²) in [5.74, 6) is 2.67. The fourth-order valence-electron chi connectivity index (χ4n) is 4.41. The number of rotatable bonds is 6. The number of nitrogens with zero attached hydrogens (tertiary/aromatic N) is 3. The first-order valence-electron chi connectivity index (χ1n) is 10.6. The van der Waals surface area contributed by atoms with Crippen LogP contribution in [0.1, 0.15) is 23.9 Å². The molecule has 5 rings (SSSR count). The minimum absolute atomic E-state index is 0.148. The van der Waals surface area contributed by atoms with E-state index in [1.54, 1.807) is 14.2 Å². The van der Waals surface area contributed by atoms with Gasteiger partial charge in [-0.05, 0) is 47.7 Å². The molecule has 3 aromatic carbocycles. The highest BCUT2D eigenvalue weighted by Gasteiger charge is 2.36. The number of aromatic nitrogens is 2. The minimum Gasteiger partial charge on any atom is -0.497 e. The van der Waals surface area contributed by atoms with Crippen molar-refractivity contribution in [2.75, 3.05) is 20.8 Å². The molecule has 2 heterocycles. The third-order valence-corrected chi connectivity index (χ3v) is 6.02. The molecule has 1 saturated heterocycles. The summed E-state index contributed by atoms with van der Waals surface area (Å²) in [6.07, 6.45) is 0.110. The largest absolute Gasteiger partial charge is 0.497 e. The van der Waals surface area contributed by atoms with Crippen LogP contribution in [0.5, 0.6) is 11.5 Å². The van der Waals surface area contributed by atoms with Crippen molar-refractivity contribution in [1.29, 1.82) is 0 Å². The Kier molecular flexibility index (Phi) is 5.51. The number of methoxy groups -OCH3 is 2. The van der Waals surface area contributed by atoms with Crippen LogP contribution in [0.25, 0.3) is 22.2 Å². The molecule has 4 aromatic rings. The molecule has 1 aromatic heterocycles. The summed E-state index contributed by atoms with van der Waals surface area (Å²) in [5.41, 5.74) is 2.02. The van der Waals surface area contributed by atoms with E-state index < -0.39 is 6.10 Å². The van der Waals surface area contributed by atoms with E-state index in [1.807, 2.05) is 42.5 Å². The maximum Gasteiger partial charge on any atom is 0.244 e. The number of benzene rings is 3. The summed E-state index contributed by atoms with van der Waals surface area (Å²) < 4.78 is 16.4. The molecule has 0 saturated carbocycles. The van der Waals surface area contributed by atoms with Gasteiger partial charge in [0.05, 0.1) is 26.4 Å². The second kappa shape index (κ2) is 8.61. The predicted octanol–water partition coefficient (Wildman–Crippen LogP) is 4.21. The lowest BCUT2D eigenvalue weighted by Gasteiger charge is -2.22. The number of aliphatic hydroxyl groups excluding tert-OH is 1. The van der Waals surface area contributed by atoms with E-state index in [0.29, 0.717) is 31.2 Å². The van der Waals surface area contributed by atoms with Crippen molar-refractivity contribution in [3.05, 3.63) is 72.1 Å². The molecule has 0 amide bonds. The molecule has 1 aliphatic rings. The zero-order valence-corrected chi connectivity index (χ0v) is 18.1. The highest BCUT2D eigenvalue weighted by molar-refractivity contribution is 5.91. The van der Waals surface area contributed by atoms with Crippen molar-refractivity contribution in [3.63, 3.8) is 0 Å². The molecule has 7 nitrogen and oxygen atoms in total. The van der Waals surface area contributed by atoms with Crippen LogP contribution < -0.4 is 9.47 Å². The van der Waals surface area contributed by atoms with Crippen molar-refractivity contribution in [2.45, 2.75) is 25.1 Å². The van der Waals surface area contributed by atoms with Crippen molar-refractivity contribution < 1.29 is 19.1 Å². The van der Waals surface area contributed by atoms with Gasteiger partial charge < -0.3 is 19.1 Å². The van der Waals surface area contributed by atoms with E-state index in [1.165, 1.54) is 0 Å². The summed E-state index contributed by atoms with van der Waals surface area (Å²) in [4.78, 5) is 6.84. The molecule has 2 atom stereocenters. The van der Waals surface area contributed by atoms with Gasteiger partial charge in [0, 0.05) is 24.0 Å². The van der Waals surface area contributed by atoms with Crippen LogP contribution in [0.2, 0.25) is 0 Å². The van der Waals surface area contributed by atoms with Gasteiger partial charge in [0.25, 0.3) is 0 Å². The van der Waals surface area contributed by atoms with Gasteiger partial charge in [0.2, 0.25) is 11.7 Å². The Balaban J connectivity index is 1.42. The smallest absolute Gasteiger partial charge is 0.244 e. The average molecular weight is 431 g/mol. The number of likely N-dealkylation sites (tertiary alicyclic amines) is 1. The van der Waals surface area contributed by atoms with Crippen molar-refractivity contribution >= 4 is 10.8 Å². The fraction of sp³-hybridized carbons (Fsp3) is 0.280. The summed E-state index contributed by atoms with van der Waals surface area (Å²) in [6.45, 7) is 1.21. The summed E-state index contributed by atoms with van der Waals surface area (Å²) >= 11 is 0. The monoisotopic (exact) mass is 431 g/mol. The van der Waals surface area contributed by atoms with Crippen LogP contribution in [-0.2, 0) is 6.54 Å². The molecular formula is C25H25N3O4. The fourth-order valence-corrected chi connectivity index (χ4v) is 4.41. The topological polar surface area (TPSA) is 80.9 Å². The quantitative estimate of drug-likeness (QED) is 0.490. The van der Waals surface area contributed by atoms with Gasteiger partial charge >= 0.3 is 0 Å². The zero-order chi connectivity index (χ0) is 22.1. The first kappa shape index (κ1) is 20.5. The highest BCUT2D eigenvalue weighted by Crippen LogP contribution is 2.36. The van der Waals surface area contributed by atoms with E-state index >= 15 is 0 Å². The Bertz CT molecular complexity index is 1220. The minimum atomic E-state index is -0.444. The van der Waals surface area contributed by atoms with Crippen molar-refractivity contribution in [2.24, 2.45) is 0 Å². The summed E-state index contributed by atoms with van der Waals surface area (Å²) in [5, 5.41) is 16.8. The Morgan fingerprint density at radius 1 is 1.00 bits per heavy atom. The van der Waals surface area contributed by atoms with E-state index in [2.05, 4.69) is 33.2 Å². The maximum absolute atomic E-state index is 10.4. The second-order valence-corrected chi connectivity index (χ2v) is 7.99. The number of hydrogen-bond acceptors (Lipinski definition) is 7. The molecule has 164 valence electrons. The Morgan fingerprint density at radius 2 is 1.78 bits per heavy atom. The van der Waals surface area contributed by atoms with E-state index in [9.17, 15) is 5.11 Å². The van der Waals surface area contributed by atoms with E-state index in [-0.39, 0.29) is 6.04 Å². The Labute approximate surface area is 186 Å². The van der Waals surface area contributed by atoms with Crippen LogP contribution in [0, 0.1) is 0 Å². The van der Waals surface area contributed by atoms with Gasteiger partial charge in [-0.25, -0.2) is 0 Å². The van der Waals surface area contributed by atoms with Crippen LogP contribution in [0.15, 0.2) is 65.2 Å². The van der Waals surface area contributed by atoms with Gasteiger partial charge in [-0.2, -0.15) is 4.98 Å². The summed E-state index contributed by atoms with van der Waals surface area (Å²) in [6, 6.07) is 19.7. The van der Waals surface area contributed by atoms with Crippen LogP contribution >= 0.6 is 0 Å². The van der Waals surface area contributed by atoms with Gasteiger partial charge in [0.1, 0.15) is 11.5 Å². The van der Waals surface area contributed by atoms with Gasteiger partial charge in [0.15, 0.2) is 0 Å². The molecule has 0 spiro atoms. The Morgan fingerprint density at radius 3 is 2.53 bits per heavy atom. The first-order chi connectivity index (χ1) is 15.7. The normalized spacial score (nSPS) is 18.8. The zero-order valence-electron chi connectivity index (χ0n) is 18.1. The molecule has 1 N–H and O–H groups in total. The highest BCUT2D eigenvalue weighted by atomic mass is 16.5. The lowest BCUT2D eigenvalue weighted by molar-refractivity contribution is 0.169.